The number of hydrogen-bond acceptors (Lipinski definition) is 1. The number of ether oxygens (including phenoxy) is 1. The van der Waals surface area contributed by atoms with Crippen molar-refractivity contribution in [2.24, 2.45) is 0 Å². The third-order valence-corrected chi connectivity index (χ3v) is 6.14. The zero-order valence-electron chi connectivity index (χ0n) is 22.7. The minimum absolute atomic E-state index is 0.0872. The van der Waals surface area contributed by atoms with Crippen LogP contribution in [-0.4, -0.2) is 0 Å². The number of alkyl halides is 2. The molecule has 0 aliphatic carbocycles. The van der Waals surface area contributed by atoms with Gasteiger partial charge in [-0.3, -0.25) is 0 Å². The van der Waals surface area contributed by atoms with Crippen molar-refractivity contribution in [2.75, 3.05) is 0 Å². The Morgan fingerprint density at radius 3 is 2.05 bits per heavy atom. The Hall–Kier alpha value is -4.32. The predicted octanol–water partition coefficient (Wildman–Crippen LogP) is 10.1. The average molecular weight is 591 g/mol. The zero-order valence-corrected chi connectivity index (χ0v) is 22.7. The van der Waals surface area contributed by atoms with Crippen molar-refractivity contribution < 1.29 is 39.9 Å². The van der Waals surface area contributed by atoms with Gasteiger partial charge in [-0.05, 0) is 61.2 Å². The Morgan fingerprint density at radius 2 is 1.50 bits per heavy atom. The molecule has 0 amide bonds. The van der Waals surface area contributed by atoms with E-state index in [9.17, 15) is 35.1 Å². The van der Waals surface area contributed by atoms with Gasteiger partial charge in [0.05, 0.1) is 0 Å². The summed E-state index contributed by atoms with van der Waals surface area (Å²) in [5, 5.41) is 0. The van der Waals surface area contributed by atoms with Crippen LogP contribution in [0.5, 0.6) is 5.75 Å². The summed E-state index contributed by atoms with van der Waals surface area (Å²) < 4.78 is 117. The summed E-state index contributed by atoms with van der Waals surface area (Å²) in [6, 6.07) is 8.59. The maximum atomic E-state index is 15.0. The molecule has 0 aliphatic heterocycles. The highest BCUT2D eigenvalue weighted by Gasteiger charge is 2.41. The lowest BCUT2D eigenvalue weighted by atomic mass is 10.0. The first-order valence-electron chi connectivity index (χ1n) is 12.9. The fourth-order valence-electron chi connectivity index (χ4n) is 3.85. The van der Waals surface area contributed by atoms with Crippen molar-refractivity contribution in [3.05, 3.63) is 130 Å². The van der Waals surface area contributed by atoms with E-state index in [0.717, 1.165) is 31.8 Å². The topological polar surface area (TPSA) is 9.23 Å². The number of aryl methyl sites for hydroxylation is 1. The van der Waals surface area contributed by atoms with E-state index in [1.165, 1.54) is 11.6 Å². The molecule has 0 saturated carbocycles. The molecule has 0 atom stereocenters. The fourth-order valence-corrected chi connectivity index (χ4v) is 3.85. The lowest BCUT2D eigenvalue weighted by Gasteiger charge is -2.20. The van der Waals surface area contributed by atoms with Gasteiger partial charge >= 0.3 is 6.11 Å². The Balaban J connectivity index is 1.79. The van der Waals surface area contributed by atoms with Crippen LogP contribution in [0.25, 0.3) is 5.57 Å². The average Bonchev–Trinajstić information content (AvgIpc) is 2.93. The maximum absolute atomic E-state index is 15.0. The van der Waals surface area contributed by atoms with Crippen LogP contribution in [0.4, 0.5) is 35.1 Å². The minimum atomic E-state index is -4.78. The molecular weight excluding hydrogens is 564 g/mol. The van der Waals surface area contributed by atoms with Gasteiger partial charge in [-0.1, -0.05) is 56.4 Å². The van der Waals surface area contributed by atoms with E-state index in [1.54, 1.807) is 6.92 Å². The van der Waals surface area contributed by atoms with Crippen molar-refractivity contribution in [1.29, 1.82) is 0 Å². The van der Waals surface area contributed by atoms with E-state index in [-0.39, 0.29) is 17.7 Å². The molecule has 9 heteroatoms. The summed E-state index contributed by atoms with van der Waals surface area (Å²) in [6.07, 6.45) is 2.01. The van der Waals surface area contributed by atoms with E-state index in [2.05, 4.69) is 30.1 Å². The van der Waals surface area contributed by atoms with E-state index >= 15 is 0 Å². The van der Waals surface area contributed by atoms with Crippen LogP contribution in [0.3, 0.4) is 0 Å². The molecule has 0 radical (unpaired) electrons. The van der Waals surface area contributed by atoms with Crippen LogP contribution in [0, 0.1) is 40.9 Å². The van der Waals surface area contributed by atoms with Crippen LogP contribution in [0.1, 0.15) is 55.4 Å². The van der Waals surface area contributed by atoms with Gasteiger partial charge in [0.1, 0.15) is 28.8 Å². The lowest BCUT2D eigenvalue weighted by molar-refractivity contribution is -0.189. The first-order valence-corrected chi connectivity index (χ1v) is 12.9. The number of hydrogen-bond donors (Lipinski definition) is 0. The van der Waals surface area contributed by atoms with Crippen LogP contribution in [0.15, 0.2) is 78.7 Å². The Morgan fingerprint density at radius 1 is 0.905 bits per heavy atom. The Bertz CT molecular complexity index is 1530. The van der Waals surface area contributed by atoms with Gasteiger partial charge in [0.15, 0.2) is 17.5 Å². The zero-order chi connectivity index (χ0) is 31.0. The molecule has 0 saturated heterocycles. The maximum Gasteiger partial charge on any atom is 0.432 e. The van der Waals surface area contributed by atoms with Gasteiger partial charge in [0.2, 0.25) is 0 Å². The smallest absolute Gasteiger partial charge is 0.429 e. The molecule has 0 fully saturated rings. The molecule has 3 rings (SSSR count). The number of rotatable bonds is 10. The molecular formula is C33H26F8O. The highest BCUT2D eigenvalue weighted by Crippen LogP contribution is 2.37. The number of benzene rings is 3. The molecule has 42 heavy (non-hydrogen) atoms. The minimum Gasteiger partial charge on any atom is -0.429 e. The summed E-state index contributed by atoms with van der Waals surface area (Å²) in [4.78, 5) is 0. The predicted molar refractivity (Wildman–Crippen MR) is 146 cm³/mol. The van der Waals surface area contributed by atoms with E-state index < -0.39 is 63.5 Å². The van der Waals surface area contributed by atoms with Crippen molar-refractivity contribution in [3.8, 4) is 17.6 Å². The summed E-state index contributed by atoms with van der Waals surface area (Å²) in [5.74, 6) is -5.90. The molecule has 0 aliphatic rings. The monoisotopic (exact) mass is 590 g/mol. The molecule has 0 unspecified atom stereocenters. The van der Waals surface area contributed by atoms with Crippen molar-refractivity contribution >= 4 is 5.57 Å². The Labute approximate surface area is 238 Å². The summed E-state index contributed by atoms with van der Waals surface area (Å²) in [5.41, 5.74) is -0.851. The Kier molecular flexibility index (Phi) is 10.8. The van der Waals surface area contributed by atoms with Crippen molar-refractivity contribution in [3.63, 3.8) is 0 Å². The van der Waals surface area contributed by atoms with Gasteiger partial charge < -0.3 is 4.74 Å². The number of allylic oxidation sites excluding steroid dienone is 5. The largest absolute Gasteiger partial charge is 0.432 e. The van der Waals surface area contributed by atoms with Crippen molar-refractivity contribution in [1.82, 2.24) is 0 Å². The molecule has 0 aromatic heterocycles. The normalized spacial score (nSPS) is 12.1. The second-order valence-electron chi connectivity index (χ2n) is 9.25. The third-order valence-electron chi connectivity index (χ3n) is 6.14. The second kappa shape index (κ2) is 14.0. The molecule has 3 aromatic rings. The standard InChI is InChI=1S/C33H26F8O/c1-4-6-7-8-22-11-13-23(14-12-22)10-9-21(5-2)15-26(34)20(3)24-16-27(35)31(28(36)17-24)33(40,41)42-25-18-29(37)32(39)30(38)19-25/h5,11-19H,3-4,6-8H2,1-2H3/b21-5-,26-15+. The fraction of sp³-hybridized carbons (Fsp3) is 0.212. The molecule has 0 bridgehead atoms. The second-order valence-corrected chi connectivity index (χ2v) is 9.25. The van der Waals surface area contributed by atoms with Gasteiger partial charge in [0, 0.05) is 28.8 Å². The van der Waals surface area contributed by atoms with E-state index in [1.807, 2.05) is 24.3 Å². The van der Waals surface area contributed by atoms with Crippen LogP contribution >= 0.6 is 0 Å². The van der Waals surface area contributed by atoms with Crippen molar-refractivity contribution in [2.45, 2.75) is 45.6 Å². The molecule has 0 heterocycles. The van der Waals surface area contributed by atoms with E-state index in [0.29, 0.717) is 17.7 Å². The molecule has 0 spiro atoms. The van der Waals surface area contributed by atoms with Gasteiger partial charge in [0.25, 0.3) is 0 Å². The summed E-state index contributed by atoms with van der Waals surface area (Å²) in [7, 11) is 0. The molecule has 1 nitrogen and oxygen atoms in total. The highest BCUT2D eigenvalue weighted by molar-refractivity contribution is 5.76. The van der Waals surface area contributed by atoms with Gasteiger partial charge in [-0.2, -0.15) is 8.78 Å². The number of halogens is 8. The van der Waals surface area contributed by atoms with Gasteiger partial charge in [-0.25, -0.2) is 26.3 Å². The van der Waals surface area contributed by atoms with Gasteiger partial charge in [-0.15, -0.1) is 0 Å². The lowest BCUT2D eigenvalue weighted by Crippen LogP contribution is -2.25. The molecule has 3 aromatic carbocycles. The van der Waals surface area contributed by atoms with Crippen LogP contribution in [-0.2, 0) is 12.5 Å². The van der Waals surface area contributed by atoms with Crippen LogP contribution in [0.2, 0.25) is 0 Å². The highest BCUT2D eigenvalue weighted by atomic mass is 19.3. The first kappa shape index (κ1) is 32.2. The summed E-state index contributed by atoms with van der Waals surface area (Å²) >= 11 is 0. The van der Waals surface area contributed by atoms with E-state index in [4.69, 9.17) is 0 Å². The first-order chi connectivity index (χ1) is 19.9. The molecule has 220 valence electrons. The quantitative estimate of drug-likeness (QED) is 0.0751. The SMILES string of the molecule is C=C(/C(F)=C\C(C#Cc1ccc(CCCCC)cc1)=C/C)c1cc(F)c(C(F)(F)Oc2cc(F)c(F)c(F)c2)c(F)c1. The molecule has 0 N–H and O–H groups in total. The van der Waals surface area contributed by atoms with Crippen LogP contribution < -0.4 is 4.74 Å². The number of unbranched alkanes of at least 4 members (excludes halogenated alkanes) is 2. The third kappa shape index (κ3) is 8.12. The summed E-state index contributed by atoms with van der Waals surface area (Å²) in [6.45, 7) is 7.18.